The maximum atomic E-state index is 4.50. The average molecular weight is 328 g/mol. The average Bonchev–Trinajstić information content (AvgIpc) is 2.86. The van der Waals surface area contributed by atoms with Crippen molar-refractivity contribution in [1.29, 1.82) is 0 Å². The lowest BCUT2D eigenvalue weighted by molar-refractivity contribution is 0.549. The summed E-state index contributed by atoms with van der Waals surface area (Å²) in [6, 6.07) is 12.6. The van der Waals surface area contributed by atoms with Gasteiger partial charge in [0.25, 0.3) is 0 Å². The fraction of sp³-hybridized carbons (Fsp3) is 0.188. The van der Waals surface area contributed by atoms with E-state index in [0.29, 0.717) is 0 Å². The highest BCUT2D eigenvalue weighted by molar-refractivity contribution is 9.10. The summed E-state index contributed by atoms with van der Waals surface area (Å²) in [7, 11) is 0. The van der Waals surface area contributed by atoms with Crippen molar-refractivity contribution in [2.45, 2.75) is 12.5 Å². The Bertz CT molecular complexity index is 764. The van der Waals surface area contributed by atoms with Crippen molar-refractivity contribution >= 4 is 26.8 Å². The smallest absolute Gasteiger partial charge is 0.0906 e. The predicted molar refractivity (Wildman–Crippen MR) is 83.8 cm³/mol. The first-order valence-electron chi connectivity index (χ1n) is 6.77. The second-order valence-electron chi connectivity index (χ2n) is 5.10. The number of aromatic amines is 1. The van der Waals surface area contributed by atoms with Crippen molar-refractivity contribution in [1.82, 2.24) is 15.3 Å². The van der Waals surface area contributed by atoms with Gasteiger partial charge in [-0.25, -0.2) is 0 Å². The largest absolute Gasteiger partial charge is 0.357 e. The fourth-order valence-electron chi connectivity index (χ4n) is 3.00. The molecule has 0 bridgehead atoms. The Morgan fingerprint density at radius 3 is 3.00 bits per heavy atom. The second-order valence-corrected chi connectivity index (χ2v) is 6.01. The van der Waals surface area contributed by atoms with Crippen LogP contribution in [0.5, 0.6) is 0 Å². The number of hydrogen-bond acceptors (Lipinski definition) is 2. The zero-order valence-corrected chi connectivity index (χ0v) is 12.4. The molecular weight excluding hydrogens is 314 g/mol. The maximum Gasteiger partial charge on any atom is 0.0906 e. The molecule has 4 rings (SSSR count). The topological polar surface area (TPSA) is 40.7 Å². The summed E-state index contributed by atoms with van der Waals surface area (Å²) in [5, 5.41) is 4.88. The molecule has 2 N–H and O–H groups in total. The molecule has 100 valence electrons. The molecule has 0 fully saturated rings. The number of aromatic nitrogens is 2. The minimum atomic E-state index is 0.158. The van der Waals surface area contributed by atoms with Crippen molar-refractivity contribution in [3.63, 3.8) is 0 Å². The van der Waals surface area contributed by atoms with E-state index in [1.54, 1.807) is 0 Å². The van der Waals surface area contributed by atoms with Gasteiger partial charge in [-0.15, -0.1) is 0 Å². The molecule has 0 radical (unpaired) electrons. The maximum absolute atomic E-state index is 4.50. The quantitative estimate of drug-likeness (QED) is 0.717. The molecule has 1 aliphatic rings. The molecule has 0 saturated carbocycles. The highest BCUT2D eigenvalue weighted by Gasteiger charge is 2.25. The monoisotopic (exact) mass is 327 g/mol. The van der Waals surface area contributed by atoms with E-state index in [-0.39, 0.29) is 6.04 Å². The molecule has 20 heavy (non-hydrogen) atoms. The Kier molecular flexibility index (Phi) is 2.86. The van der Waals surface area contributed by atoms with Crippen LogP contribution in [0.2, 0.25) is 0 Å². The number of nitrogens with zero attached hydrogens (tertiary/aromatic N) is 1. The lowest BCUT2D eigenvalue weighted by Gasteiger charge is -2.23. The Morgan fingerprint density at radius 2 is 2.15 bits per heavy atom. The van der Waals surface area contributed by atoms with Gasteiger partial charge in [-0.05, 0) is 42.3 Å². The van der Waals surface area contributed by atoms with Gasteiger partial charge in [0.2, 0.25) is 0 Å². The molecule has 3 nitrogen and oxygen atoms in total. The summed E-state index contributed by atoms with van der Waals surface area (Å²) in [6.45, 7) is 0.980. The molecule has 4 heteroatoms. The zero-order chi connectivity index (χ0) is 13.5. The third kappa shape index (κ3) is 1.87. The van der Waals surface area contributed by atoms with Crippen molar-refractivity contribution < 1.29 is 0 Å². The summed E-state index contributed by atoms with van der Waals surface area (Å²) in [5.74, 6) is 0. The Labute approximate surface area is 125 Å². The molecule has 1 atom stereocenters. The van der Waals surface area contributed by atoms with Crippen molar-refractivity contribution in [2.24, 2.45) is 0 Å². The number of halogens is 1. The van der Waals surface area contributed by atoms with Crippen LogP contribution < -0.4 is 5.32 Å². The Balaban J connectivity index is 1.91. The van der Waals surface area contributed by atoms with E-state index in [2.05, 4.69) is 55.5 Å². The molecular formula is C16H14BrN3. The van der Waals surface area contributed by atoms with Crippen LogP contribution in [0, 0.1) is 0 Å². The number of benzene rings is 1. The number of pyridine rings is 1. The van der Waals surface area contributed by atoms with Crippen molar-refractivity contribution in [3.05, 3.63) is 64.0 Å². The van der Waals surface area contributed by atoms with Crippen LogP contribution >= 0.6 is 15.9 Å². The Hall–Kier alpha value is -1.65. The summed E-state index contributed by atoms with van der Waals surface area (Å²) in [6.07, 6.45) is 2.90. The highest BCUT2D eigenvalue weighted by atomic mass is 79.9. The van der Waals surface area contributed by atoms with E-state index in [9.17, 15) is 0 Å². The Morgan fingerprint density at radius 1 is 1.20 bits per heavy atom. The number of H-pyrrole nitrogens is 1. The van der Waals surface area contributed by atoms with Gasteiger partial charge in [0.15, 0.2) is 0 Å². The van der Waals surface area contributed by atoms with Crippen molar-refractivity contribution in [2.75, 3.05) is 6.54 Å². The molecule has 1 aliphatic heterocycles. The van der Waals surface area contributed by atoms with Crippen LogP contribution in [0.3, 0.4) is 0 Å². The number of nitrogens with one attached hydrogen (secondary N) is 2. The minimum absolute atomic E-state index is 0.158. The van der Waals surface area contributed by atoms with Crippen LogP contribution in [-0.2, 0) is 6.42 Å². The van der Waals surface area contributed by atoms with Crippen molar-refractivity contribution in [3.8, 4) is 0 Å². The molecule has 1 unspecified atom stereocenters. The first-order chi connectivity index (χ1) is 9.83. The van der Waals surface area contributed by atoms with Gasteiger partial charge >= 0.3 is 0 Å². The first kappa shape index (κ1) is 12.1. The van der Waals surface area contributed by atoms with Gasteiger partial charge in [0.05, 0.1) is 11.7 Å². The van der Waals surface area contributed by atoms with Crippen LogP contribution in [0.4, 0.5) is 0 Å². The molecule has 0 aliphatic carbocycles. The fourth-order valence-corrected chi connectivity index (χ4v) is 3.36. The molecule has 3 heterocycles. The molecule has 2 aromatic heterocycles. The van der Waals surface area contributed by atoms with E-state index in [0.717, 1.165) is 23.1 Å². The highest BCUT2D eigenvalue weighted by Crippen LogP contribution is 2.33. The normalized spacial score (nSPS) is 18.1. The third-order valence-corrected chi connectivity index (χ3v) is 4.39. The van der Waals surface area contributed by atoms with Gasteiger partial charge < -0.3 is 10.3 Å². The molecule has 0 spiro atoms. The van der Waals surface area contributed by atoms with Gasteiger partial charge in [-0.3, -0.25) is 4.98 Å². The molecule has 3 aromatic rings. The van der Waals surface area contributed by atoms with Gasteiger partial charge in [-0.2, -0.15) is 0 Å². The van der Waals surface area contributed by atoms with E-state index in [1.807, 2.05) is 18.3 Å². The molecule has 1 aromatic carbocycles. The predicted octanol–water partition coefficient (Wildman–Crippen LogP) is 3.56. The van der Waals surface area contributed by atoms with Gasteiger partial charge in [-0.1, -0.05) is 22.0 Å². The standard InChI is InChI=1S/C16H14BrN3/c17-10-4-5-13-12(9-10)11-6-8-19-16(15(11)20-13)14-3-1-2-7-18-14/h1-5,7,9,16,19-20H,6,8H2. The van der Waals surface area contributed by atoms with Gasteiger partial charge in [0, 0.05) is 33.8 Å². The summed E-state index contributed by atoms with van der Waals surface area (Å²) in [5.41, 5.74) is 4.93. The third-order valence-electron chi connectivity index (χ3n) is 3.90. The SMILES string of the molecule is Brc1ccc2[nH]c3c(c2c1)CCNC3c1ccccn1. The molecule has 0 amide bonds. The number of rotatable bonds is 1. The summed E-state index contributed by atoms with van der Waals surface area (Å²) >= 11 is 3.56. The second kappa shape index (κ2) is 4.72. The van der Waals surface area contributed by atoms with Crippen LogP contribution in [0.1, 0.15) is 23.0 Å². The number of hydrogen-bond donors (Lipinski definition) is 2. The minimum Gasteiger partial charge on any atom is -0.357 e. The van der Waals surface area contributed by atoms with Crippen LogP contribution in [0.15, 0.2) is 47.1 Å². The summed E-state index contributed by atoms with van der Waals surface area (Å²) < 4.78 is 1.12. The lowest BCUT2D eigenvalue weighted by atomic mass is 9.97. The summed E-state index contributed by atoms with van der Waals surface area (Å²) in [4.78, 5) is 8.07. The zero-order valence-electron chi connectivity index (χ0n) is 10.9. The number of fused-ring (bicyclic) bond motifs is 3. The molecule has 0 saturated heterocycles. The first-order valence-corrected chi connectivity index (χ1v) is 7.56. The van der Waals surface area contributed by atoms with Crippen LogP contribution in [0.25, 0.3) is 10.9 Å². The van der Waals surface area contributed by atoms with E-state index in [4.69, 9.17) is 0 Å². The van der Waals surface area contributed by atoms with E-state index >= 15 is 0 Å². The van der Waals surface area contributed by atoms with Gasteiger partial charge in [0.1, 0.15) is 0 Å². The van der Waals surface area contributed by atoms with Crippen LogP contribution in [-0.4, -0.2) is 16.5 Å². The van der Waals surface area contributed by atoms with E-state index < -0.39 is 0 Å². The lowest BCUT2D eigenvalue weighted by Crippen LogP contribution is -2.30. The van der Waals surface area contributed by atoms with E-state index in [1.165, 1.54) is 22.2 Å².